The van der Waals surface area contributed by atoms with Gasteiger partial charge in [0.05, 0.1) is 0 Å². The fourth-order valence-electron chi connectivity index (χ4n) is 8.07. The summed E-state index contributed by atoms with van der Waals surface area (Å²) in [5.41, 5.74) is 4.23. The van der Waals surface area contributed by atoms with Crippen LogP contribution in [-0.2, 0) is 30.5 Å². The first kappa shape index (κ1) is 35.3. The van der Waals surface area contributed by atoms with Crippen LogP contribution in [0.3, 0.4) is 0 Å². The molecule has 0 radical (unpaired) electrons. The van der Waals surface area contributed by atoms with E-state index in [2.05, 4.69) is 29.8 Å². The molecule has 4 aliphatic rings. The van der Waals surface area contributed by atoms with Crippen molar-refractivity contribution in [1.82, 2.24) is 25.8 Å². The van der Waals surface area contributed by atoms with Crippen molar-refractivity contribution in [3.05, 3.63) is 35.9 Å². The summed E-state index contributed by atoms with van der Waals surface area (Å²) in [4.78, 5) is 83.5. The molecular weight excluding hydrogens is 612 g/mol. The Hall–Kier alpha value is -3.96. The molecule has 0 aromatic heterocycles. The summed E-state index contributed by atoms with van der Waals surface area (Å²) in [6.45, 7) is 10.4. The molecule has 262 valence electrons. The molecule has 48 heavy (non-hydrogen) atoms. The lowest BCUT2D eigenvalue weighted by molar-refractivity contribution is -0.145. The Morgan fingerprint density at radius 3 is 2.17 bits per heavy atom. The van der Waals surface area contributed by atoms with Gasteiger partial charge in [0.1, 0.15) is 23.7 Å². The number of likely N-dealkylation sites (tertiary alicyclic amines) is 1. The van der Waals surface area contributed by atoms with Crippen LogP contribution in [0.2, 0.25) is 0 Å². The SMILES string of the molecule is CN(Cc1ccccc1)C(=O)C1(NC(=O)N[C@H](C(=O)N2C[C@H]3[C@@H]([C@H]2C(=O)NC(C(=O)C(N)=O)C2CC2)C3(C)C)C(C)(C)C)CCCCC1. The summed E-state index contributed by atoms with van der Waals surface area (Å²) >= 11 is 0. The average molecular weight is 665 g/mol. The van der Waals surface area contributed by atoms with Gasteiger partial charge in [-0.15, -0.1) is 0 Å². The molecule has 1 unspecified atom stereocenters. The van der Waals surface area contributed by atoms with E-state index < -0.39 is 58.6 Å². The molecule has 1 aliphatic heterocycles. The maximum atomic E-state index is 14.4. The molecule has 1 aromatic rings. The monoisotopic (exact) mass is 664 g/mol. The summed E-state index contributed by atoms with van der Waals surface area (Å²) in [5.74, 6) is -3.22. The van der Waals surface area contributed by atoms with E-state index in [0.29, 0.717) is 38.8 Å². The van der Waals surface area contributed by atoms with Crippen LogP contribution >= 0.6 is 0 Å². The Bertz CT molecular complexity index is 1440. The third-order valence-corrected chi connectivity index (χ3v) is 11.1. The van der Waals surface area contributed by atoms with E-state index in [1.807, 2.05) is 51.1 Å². The molecule has 3 aliphatic carbocycles. The van der Waals surface area contributed by atoms with Crippen molar-refractivity contribution >= 4 is 35.4 Å². The van der Waals surface area contributed by atoms with Gasteiger partial charge >= 0.3 is 6.03 Å². The number of carbonyl (C=O) groups is 6. The van der Waals surface area contributed by atoms with Gasteiger partial charge in [0, 0.05) is 20.1 Å². The maximum Gasteiger partial charge on any atom is 0.316 e. The number of rotatable bonds is 11. The highest BCUT2D eigenvalue weighted by molar-refractivity contribution is 6.38. The summed E-state index contributed by atoms with van der Waals surface area (Å²) in [6.07, 6.45) is 4.93. The van der Waals surface area contributed by atoms with Gasteiger partial charge in [-0.05, 0) is 59.8 Å². The zero-order chi connectivity index (χ0) is 35.2. The molecule has 12 nitrogen and oxygen atoms in total. The summed E-state index contributed by atoms with van der Waals surface area (Å²) in [6, 6.07) is 6.16. The number of fused-ring (bicyclic) bond motifs is 1. The zero-order valence-corrected chi connectivity index (χ0v) is 29.1. The lowest BCUT2D eigenvalue weighted by Gasteiger charge is -2.41. The number of benzene rings is 1. The van der Waals surface area contributed by atoms with Crippen molar-refractivity contribution in [2.45, 2.75) is 110 Å². The molecule has 12 heteroatoms. The Kier molecular flexibility index (Phi) is 9.69. The van der Waals surface area contributed by atoms with Gasteiger partial charge in [0.25, 0.3) is 5.91 Å². The molecule has 5 atom stereocenters. The van der Waals surface area contributed by atoms with Crippen molar-refractivity contribution in [3.63, 3.8) is 0 Å². The molecule has 1 heterocycles. The second kappa shape index (κ2) is 13.2. The third kappa shape index (κ3) is 7.08. The van der Waals surface area contributed by atoms with E-state index in [-0.39, 0.29) is 29.1 Å². The van der Waals surface area contributed by atoms with Gasteiger partial charge in [-0.3, -0.25) is 24.0 Å². The quantitative estimate of drug-likeness (QED) is 0.265. The van der Waals surface area contributed by atoms with Crippen LogP contribution in [0.5, 0.6) is 0 Å². The number of hydrogen-bond donors (Lipinski definition) is 4. The number of hydrogen-bond acceptors (Lipinski definition) is 6. The number of nitrogens with two attached hydrogens (primary N) is 1. The fourth-order valence-corrected chi connectivity index (χ4v) is 8.07. The molecule has 0 bridgehead atoms. The molecule has 5 rings (SSSR count). The Morgan fingerprint density at radius 1 is 0.979 bits per heavy atom. The van der Waals surface area contributed by atoms with Crippen molar-refractivity contribution in [2.24, 2.45) is 34.3 Å². The number of nitrogens with one attached hydrogen (secondary N) is 3. The number of amides is 6. The molecule has 5 N–H and O–H groups in total. The summed E-state index contributed by atoms with van der Waals surface area (Å²) in [7, 11) is 1.74. The molecule has 4 fully saturated rings. The second-order valence-corrected chi connectivity index (χ2v) is 16.1. The van der Waals surface area contributed by atoms with Crippen molar-refractivity contribution in [1.29, 1.82) is 0 Å². The number of Topliss-reactive ketones (excluding diaryl/α,β-unsaturated/α-hetero) is 1. The van der Waals surface area contributed by atoms with Crippen LogP contribution in [0.15, 0.2) is 30.3 Å². The second-order valence-electron chi connectivity index (χ2n) is 16.1. The van der Waals surface area contributed by atoms with Crippen molar-refractivity contribution in [2.75, 3.05) is 13.6 Å². The molecule has 1 aromatic carbocycles. The lowest BCUT2D eigenvalue weighted by atomic mass is 9.80. The van der Waals surface area contributed by atoms with Crippen molar-refractivity contribution < 1.29 is 28.8 Å². The normalized spacial score (nSPS) is 25.1. The summed E-state index contributed by atoms with van der Waals surface area (Å²) in [5, 5.41) is 8.68. The fraction of sp³-hybridized carbons (Fsp3) is 0.667. The van der Waals surface area contributed by atoms with Crippen LogP contribution in [0, 0.1) is 28.6 Å². The van der Waals surface area contributed by atoms with Gasteiger partial charge in [0.15, 0.2) is 0 Å². The Morgan fingerprint density at radius 2 is 1.60 bits per heavy atom. The van der Waals surface area contributed by atoms with Crippen molar-refractivity contribution in [3.8, 4) is 0 Å². The van der Waals surface area contributed by atoms with Crippen LogP contribution in [0.1, 0.15) is 85.1 Å². The standard InChI is InChI=1S/C36H52N6O6/c1-34(2,3)28(39-33(48)40-36(17-11-8-12-18-36)32(47)41(6)19-21-13-9-7-10-14-21)31(46)42-20-23-24(35(23,4)5)26(42)30(45)38-25(22-15-16-22)27(43)29(37)44/h7,9-10,13-14,22-26,28H,8,11-12,15-20H2,1-6H3,(H2,37,44)(H,38,45)(H2,39,40,48)/t23-,24-,25?,26-,28+/m0/s1. The largest absolute Gasteiger partial charge is 0.363 e. The Balaban J connectivity index is 1.33. The minimum atomic E-state index is -1.11. The van der Waals surface area contributed by atoms with Gasteiger partial charge in [-0.2, -0.15) is 0 Å². The predicted molar refractivity (Wildman–Crippen MR) is 179 cm³/mol. The minimum Gasteiger partial charge on any atom is -0.363 e. The van der Waals surface area contributed by atoms with Gasteiger partial charge in [-0.25, -0.2) is 4.79 Å². The van der Waals surface area contributed by atoms with E-state index in [1.54, 1.807) is 11.9 Å². The molecule has 1 saturated heterocycles. The first-order valence-electron chi connectivity index (χ1n) is 17.3. The van der Waals surface area contributed by atoms with E-state index in [9.17, 15) is 28.8 Å². The summed E-state index contributed by atoms with van der Waals surface area (Å²) < 4.78 is 0. The first-order chi connectivity index (χ1) is 22.5. The molecular formula is C36H52N6O6. The minimum absolute atomic E-state index is 0.0705. The number of ketones is 1. The zero-order valence-electron chi connectivity index (χ0n) is 29.1. The van der Waals surface area contributed by atoms with E-state index in [4.69, 9.17) is 5.73 Å². The van der Waals surface area contributed by atoms with E-state index >= 15 is 0 Å². The number of primary amides is 1. The van der Waals surface area contributed by atoms with Gasteiger partial charge in [-0.1, -0.05) is 84.2 Å². The topological polar surface area (TPSA) is 171 Å². The first-order valence-corrected chi connectivity index (χ1v) is 17.3. The van der Waals surface area contributed by atoms with E-state index in [0.717, 1.165) is 24.8 Å². The van der Waals surface area contributed by atoms with Gasteiger partial charge in [0.2, 0.25) is 23.5 Å². The number of nitrogens with zero attached hydrogens (tertiary/aromatic N) is 2. The number of urea groups is 1. The molecule has 6 amide bonds. The number of piperidine rings is 1. The highest BCUT2D eigenvalue weighted by atomic mass is 16.2. The highest BCUT2D eigenvalue weighted by Crippen LogP contribution is 2.65. The van der Waals surface area contributed by atoms with Crippen LogP contribution in [-0.4, -0.2) is 82.5 Å². The maximum absolute atomic E-state index is 14.4. The predicted octanol–water partition coefficient (Wildman–Crippen LogP) is 2.49. The molecule has 3 saturated carbocycles. The number of carbonyl (C=O) groups excluding carboxylic acids is 6. The highest BCUT2D eigenvalue weighted by Gasteiger charge is 2.70. The number of likely N-dealkylation sites (N-methyl/N-ethyl adjacent to an activating group) is 1. The third-order valence-electron chi connectivity index (χ3n) is 11.1. The average Bonchev–Trinajstić information content (AvgIpc) is 3.90. The Labute approximate surface area is 283 Å². The van der Waals surface area contributed by atoms with Crippen LogP contribution in [0.25, 0.3) is 0 Å². The smallest absolute Gasteiger partial charge is 0.316 e. The van der Waals surface area contributed by atoms with Crippen LogP contribution in [0.4, 0.5) is 4.79 Å². The molecule has 0 spiro atoms. The van der Waals surface area contributed by atoms with Gasteiger partial charge < -0.3 is 31.5 Å². The van der Waals surface area contributed by atoms with Crippen LogP contribution < -0.4 is 21.7 Å². The lowest BCUT2D eigenvalue weighted by Crippen LogP contribution is -2.65. The van der Waals surface area contributed by atoms with E-state index in [1.165, 1.54) is 4.90 Å².